The summed E-state index contributed by atoms with van der Waals surface area (Å²) in [5.74, 6) is 1.32. The lowest BCUT2D eigenvalue weighted by Crippen LogP contribution is -2.43. The number of carbonyl (C=O) groups excluding carboxylic acids is 1. The number of ketones is 1. The van der Waals surface area contributed by atoms with E-state index in [0.717, 1.165) is 61.4 Å². The highest BCUT2D eigenvalue weighted by Crippen LogP contribution is 2.35. The normalized spacial score (nSPS) is 17.4. The molecule has 5 rings (SSSR count). The first-order valence-electron chi connectivity index (χ1n) is 11.7. The van der Waals surface area contributed by atoms with Gasteiger partial charge in [-0.05, 0) is 31.0 Å². The highest BCUT2D eigenvalue weighted by molar-refractivity contribution is 6.00. The Hall–Kier alpha value is -3.00. The van der Waals surface area contributed by atoms with Crippen molar-refractivity contribution in [2.24, 2.45) is 5.92 Å². The van der Waals surface area contributed by atoms with E-state index in [2.05, 4.69) is 36.1 Å². The number of rotatable bonds is 6. The summed E-state index contributed by atoms with van der Waals surface area (Å²) in [6, 6.07) is 6.33. The number of Topliss-reactive ketones (excluding diaryl/α,β-unsaturated/α-hetero) is 1. The van der Waals surface area contributed by atoms with Crippen molar-refractivity contribution in [1.82, 2.24) is 24.8 Å². The maximum atomic E-state index is 12.9. The van der Waals surface area contributed by atoms with Gasteiger partial charge in [0.25, 0.3) is 0 Å². The Balaban J connectivity index is 1.43. The van der Waals surface area contributed by atoms with Crippen molar-refractivity contribution < 1.29 is 4.79 Å². The molecule has 0 radical (unpaired) electrons. The van der Waals surface area contributed by atoms with Gasteiger partial charge in [-0.3, -0.25) is 4.79 Å². The lowest BCUT2D eigenvalue weighted by molar-refractivity contribution is 0.0928. The Kier molecular flexibility index (Phi) is 5.78. The smallest absolute Gasteiger partial charge is 0.230 e. The van der Waals surface area contributed by atoms with E-state index in [-0.39, 0.29) is 11.7 Å². The Morgan fingerprint density at radius 3 is 2.59 bits per heavy atom. The summed E-state index contributed by atoms with van der Waals surface area (Å²) in [5.41, 5.74) is 2.71. The Morgan fingerprint density at radius 1 is 1.12 bits per heavy atom. The van der Waals surface area contributed by atoms with Gasteiger partial charge >= 0.3 is 0 Å². The molecule has 8 nitrogen and oxygen atoms in total. The third-order valence-electron chi connectivity index (χ3n) is 6.51. The van der Waals surface area contributed by atoms with Gasteiger partial charge in [0, 0.05) is 49.7 Å². The molecule has 0 unspecified atom stereocenters. The van der Waals surface area contributed by atoms with E-state index in [1.807, 2.05) is 38.4 Å². The van der Waals surface area contributed by atoms with Crippen LogP contribution in [-0.2, 0) is 0 Å². The molecule has 32 heavy (non-hydrogen) atoms. The Labute approximate surface area is 188 Å². The van der Waals surface area contributed by atoms with Crippen LogP contribution in [0.15, 0.2) is 30.6 Å². The van der Waals surface area contributed by atoms with E-state index in [1.54, 1.807) is 0 Å². The predicted molar refractivity (Wildman–Crippen MR) is 127 cm³/mol. The fraction of sp³-hybridized carbons (Fsp3) is 0.500. The Morgan fingerprint density at radius 2 is 1.91 bits per heavy atom. The fourth-order valence-corrected chi connectivity index (χ4v) is 4.77. The SMILES string of the molecule is CC(C)C(=O)c1cc2cnc(Nc3ccc(N4CCNCC4)cn3)nc2n1C1CCCC1. The predicted octanol–water partition coefficient (Wildman–Crippen LogP) is 3.93. The van der Waals surface area contributed by atoms with Gasteiger partial charge in [0.2, 0.25) is 5.95 Å². The molecule has 8 heteroatoms. The summed E-state index contributed by atoms with van der Waals surface area (Å²) in [5, 5.41) is 7.52. The van der Waals surface area contributed by atoms with Crippen LogP contribution in [0.2, 0.25) is 0 Å². The minimum Gasteiger partial charge on any atom is -0.368 e. The highest BCUT2D eigenvalue weighted by Gasteiger charge is 2.26. The van der Waals surface area contributed by atoms with Gasteiger partial charge in [0.05, 0.1) is 17.6 Å². The number of nitrogens with zero attached hydrogens (tertiary/aromatic N) is 5. The molecule has 0 bridgehead atoms. The maximum absolute atomic E-state index is 12.9. The molecule has 1 saturated carbocycles. The summed E-state index contributed by atoms with van der Waals surface area (Å²) >= 11 is 0. The molecule has 0 amide bonds. The third kappa shape index (κ3) is 4.07. The third-order valence-corrected chi connectivity index (χ3v) is 6.51. The van der Waals surface area contributed by atoms with E-state index in [4.69, 9.17) is 4.98 Å². The number of nitrogens with one attached hydrogen (secondary N) is 2. The number of aromatic nitrogens is 4. The molecule has 0 aromatic carbocycles. The van der Waals surface area contributed by atoms with Crippen LogP contribution in [0.1, 0.15) is 56.1 Å². The molecule has 0 atom stereocenters. The largest absolute Gasteiger partial charge is 0.368 e. The number of piperazine rings is 1. The first kappa shape index (κ1) is 20.9. The van der Waals surface area contributed by atoms with Crippen LogP contribution in [0.4, 0.5) is 17.5 Å². The van der Waals surface area contributed by atoms with E-state index in [1.165, 1.54) is 12.8 Å². The minimum atomic E-state index is -0.0524. The molecular weight excluding hydrogens is 402 g/mol. The summed E-state index contributed by atoms with van der Waals surface area (Å²) in [6.07, 6.45) is 8.27. The zero-order valence-corrected chi connectivity index (χ0v) is 18.8. The van der Waals surface area contributed by atoms with Crippen molar-refractivity contribution in [3.8, 4) is 0 Å². The lowest BCUT2D eigenvalue weighted by Gasteiger charge is -2.29. The summed E-state index contributed by atoms with van der Waals surface area (Å²) in [7, 11) is 0. The molecule has 1 aliphatic carbocycles. The monoisotopic (exact) mass is 433 g/mol. The second-order valence-corrected chi connectivity index (χ2v) is 9.09. The van der Waals surface area contributed by atoms with Crippen molar-refractivity contribution in [1.29, 1.82) is 0 Å². The average molecular weight is 434 g/mol. The molecule has 1 aliphatic heterocycles. The Bertz CT molecular complexity index is 1090. The number of pyridine rings is 1. The van der Waals surface area contributed by atoms with Crippen molar-refractivity contribution in [3.63, 3.8) is 0 Å². The van der Waals surface area contributed by atoms with Gasteiger partial charge < -0.3 is 20.1 Å². The van der Waals surface area contributed by atoms with Gasteiger partial charge in [-0.2, -0.15) is 4.98 Å². The van der Waals surface area contributed by atoms with Crippen molar-refractivity contribution >= 4 is 34.3 Å². The second kappa shape index (κ2) is 8.86. The van der Waals surface area contributed by atoms with Crippen LogP contribution in [0.25, 0.3) is 11.0 Å². The first-order valence-corrected chi connectivity index (χ1v) is 11.7. The second-order valence-electron chi connectivity index (χ2n) is 9.09. The molecule has 2 aliphatic rings. The maximum Gasteiger partial charge on any atom is 0.230 e. The molecule has 2 fully saturated rings. The summed E-state index contributed by atoms with van der Waals surface area (Å²) < 4.78 is 2.17. The lowest BCUT2D eigenvalue weighted by atomic mass is 10.1. The number of hydrogen-bond donors (Lipinski definition) is 2. The molecule has 1 saturated heterocycles. The fourth-order valence-electron chi connectivity index (χ4n) is 4.77. The molecule has 2 N–H and O–H groups in total. The highest BCUT2D eigenvalue weighted by atomic mass is 16.1. The van der Waals surface area contributed by atoms with Crippen molar-refractivity contribution in [2.75, 3.05) is 36.4 Å². The standard InChI is InChI=1S/C24H31N7O/c1-16(2)22(32)20-13-17-14-27-24(29-23(17)31(20)18-5-3-4-6-18)28-21-8-7-19(15-26-21)30-11-9-25-10-12-30/h7-8,13-16,18,25H,3-6,9-12H2,1-2H3,(H,26,27,28,29). The molecule has 4 heterocycles. The number of fused-ring (bicyclic) bond motifs is 1. The van der Waals surface area contributed by atoms with E-state index in [9.17, 15) is 4.79 Å². The van der Waals surface area contributed by atoms with Gasteiger partial charge in [0.15, 0.2) is 5.78 Å². The van der Waals surface area contributed by atoms with E-state index < -0.39 is 0 Å². The van der Waals surface area contributed by atoms with Gasteiger partial charge in [-0.15, -0.1) is 0 Å². The molecular formula is C24H31N7O. The zero-order valence-electron chi connectivity index (χ0n) is 18.8. The van der Waals surface area contributed by atoms with Crippen LogP contribution in [-0.4, -0.2) is 51.5 Å². The average Bonchev–Trinajstić information content (AvgIpc) is 3.47. The number of hydrogen-bond acceptors (Lipinski definition) is 7. The minimum absolute atomic E-state index is 0.0524. The molecule has 168 valence electrons. The molecule has 3 aromatic rings. The van der Waals surface area contributed by atoms with Gasteiger partial charge in [0.1, 0.15) is 11.5 Å². The number of anilines is 3. The van der Waals surface area contributed by atoms with E-state index >= 15 is 0 Å². The summed E-state index contributed by atoms with van der Waals surface area (Å²) in [4.78, 5) is 29.1. The van der Waals surface area contributed by atoms with Crippen LogP contribution in [0.3, 0.4) is 0 Å². The zero-order chi connectivity index (χ0) is 22.1. The van der Waals surface area contributed by atoms with Crippen molar-refractivity contribution in [3.05, 3.63) is 36.3 Å². The van der Waals surface area contributed by atoms with Gasteiger partial charge in [-0.1, -0.05) is 26.7 Å². The topological polar surface area (TPSA) is 88.0 Å². The molecule has 0 spiro atoms. The molecule has 3 aromatic heterocycles. The number of carbonyl (C=O) groups is 1. The quantitative estimate of drug-likeness (QED) is 0.570. The van der Waals surface area contributed by atoms with Crippen LogP contribution >= 0.6 is 0 Å². The van der Waals surface area contributed by atoms with Crippen LogP contribution in [0.5, 0.6) is 0 Å². The van der Waals surface area contributed by atoms with Crippen LogP contribution < -0.4 is 15.5 Å². The van der Waals surface area contributed by atoms with Gasteiger partial charge in [-0.25, -0.2) is 9.97 Å². The van der Waals surface area contributed by atoms with Crippen molar-refractivity contribution in [2.45, 2.75) is 45.6 Å². The van der Waals surface area contributed by atoms with Crippen LogP contribution in [0, 0.1) is 5.92 Å². The first-order chi connectivity index (χ1) is 15.6. The van der Waals surface area contributed by atoms with E-state index in [0.29, 0.717) is 17.8 Å². The summed E-state index contributed by atoms with van der Waals surface area (Å²) in [6.45, 7) is 7.88.